The fraction of sp³-hybridized carbons (Fsp3) is 0.750. The molecule has 59 heavy (non-hydrogen) atoms. The molecule has 8 rings (SSSR count). The van der Waals surface area contributed by atoms with Crippen molar-refractivity contribution in [1.82, 2.24) is 10.2 Å². The topological polar surface area (TPSA) is 75.7 Å². The van der Waals surface area contributed by atoms with Gasteiger partial charge in [-0.2, -0.15) is 0 Å². The van der Waals surface area contributed by atoms with Crippen LogP contribution in [0.3, 0.4) is 0 Å². The zero-order valence-electron chi connectivity index (χ0n) is 38.1. The van der Waals surface area contributed by atoms with Crippen LogP contribution in [0.15, 0.2) is 65.8 Å². The summed E-state index contributed by atoms with van der Waals surface area (Å²) in [5.41, 5.74) is 6.35. The Morgan fingerprint density at radius 3 is 2.24 bits per heavy atom. The summed E-state index contributed by atoms with van der Waals surface area (Å²) in [5, 5.41) is 4.13. The number of sulfone groups is 1. The van der Waals surface area contributed by atoms with E-state index in [0.29, 0.717) is 46.7 Å². The zero-order valence-corrected chi connectivity index (χ0v) is 39.0. The molecule has 326 valence electrons. The second-order valence-corrected chi connectivity index (χ2v) is 25.2. The fourth-order valence-electron chi connectivity index (χ4n) is 15.9. The Balaban J connectivity index is 0.969. The van der Waals surface area contributed by atoms with E-state index in [0.717, 1.165) is 64.2 Å². The first kappa shape index (κ1) is 43.4. The summed E-state index contributed by atoms with van der Waals surface area (Å²) < 4.78 is 30.3. The van der Waals surface area contributed by atoms with Crippen LogP contribution >= 0.6 is 0 Å². The number of rotatable bonds is 10. The minimum atomic E-state index is -2.95. The summed E-state index contributed by atoms with van der Waals surface area (Å²) in [5.74, 6) is 3.09. The van der Waals surface area contributed by atoms with Crippen LogP contribution in [-0.4, -0.2) is 69.1 Å². The molecule has 4 saturated carbocycles. The Morgan fingerprint density at radius 1 is 0.847 bits per heavy atom. The number of hydrogen-bond donors (Lipinski definition) is 1. The van der Waals surface area contributed by atoms with Gasteiger partial charge in [0.1, 0.15) is 9.84 Å². The molecule has 5 fully saturated rings. The molecule has 6 nitrogen and oxygen atoms in total. The van der Waals surface area contributed by atoms with Crippen molar-refractivity contribution in [3.8, 4) is 0 Å². The molecule has 0 radical (unpaired) electrons. The number of likely N-dealkylation sites (tertiary alicyclic amines) is 1. The smallest absolute Gasteiger partial charge is 0.338 e. The lowest BCUT2D eigenvalue weighted by Gasteiger charge is -2.72. The lowest BCUT2D eigenvalue weighted by Crippen LogP contribution is -2.68. The molecule has 10 unspecified atom stereocenters. The third-order valence-electron chi connectivity index (χ3n) is 19.4. The molecule has 1 saturated heterocycles. The van der Waals surface area contributed by atoms with Crippen molar-refractivity contribution in [2.75, 3.05) is 39.0 Å². The van der Waals surface area contributed by atoms with Gasteiger partial charge in [0, 0.05) is 30.3 Å². The van der Waals surface area contributed by atoms with E-state index < -0.39 is 9.84 Å². The van der Waals surface area contributed by atoms with E-state index in [-0.39, 0.29) is 33.0 Å². The highest BCUT2D eigenvalue weighted by atomic mass is 32.2. The van der Waals surface area contributed by atoms with Crippen LogP contribution in [0.25, 0.3) is 0 Å². The molecule has 10 atom stereocenters. The summed E-state index contributed by atoms with van der Waals surface area (Å²) >= 11 is 0. The Hall–Kier alpha value is -2.22. The van der Waals surface area contributed by atoms with Gasteiger partial charge < -0.3 is 15.0 Å². The summed E-state index contributed by atoms with van der Waals surface area (Å²) in [6, 6.07) is 9.39. The van der Waals surface area contributed by atoms with Crippen LogP contribution in [0, 0.1) is 56.7 Å². The standard InChI is InChI=1S/C52H78N2O4S/c1-36(2)40-19-28-52(53-31-34-54-32-22-39(23-33-54)59(9,56)57)30-29-50(7)42(45(40)52)15-16-44-49(6)26-20-41(47(3,4)43(49)21-27-51(44,50)8)37-17-24-48(5,25-18-37)35-58-46(55)38-13-11-10-12-14-38/h10-14,17,20,39-40,42-45,53H,1,15-16,18-19,21-35H2,2-9H3. The molecule has 6 aliphatic carbocycles. The first-order chi connectivity index (χ1) is 27.8. The van der Waals surface area contributed by atoms with E-state index in [4.69, 9.17) is 4.74 Å². The van der Waals surface area contributed by atoms with Crippen LogP contribution in [0.2, 0.25) is 0 Å². The molecule has 7 heteroatoms. The van der Waals surface area contributed by atoms with E-state index in [2.05, 4.69) is 77.4 Å². The summed E-state index contributed by atoms with van der Waals surface area (Å²) in [7, 11) is -2.95. The first-order valence-corrected chi connectivity index (χ1v) is 25.7. The Kier molecular flexibility index (Phi) is 11.4. The van der Waals surface area contributed by atoms with Crippen molar-refractivity contribution in [2.24, 2.45) is 56.7 Å². The minimum absolute atomic E-state index is 0.0306. The Bertz CT molecular complexity index is 1950. The van der Waals surface area contributed by atoms with Gasteiger partial charge >= 0.3 is 5.97 Å². The molecule has 1 N–H and O–H groups in total. The fourth-order valence-corrected chi connectivity index (χ4v) is 17.0. The van der Waals surface area contributed by atoms with Crippen molar-refractivity contribution in [3.05, 3.63) is 71.3 Å². The molecular weight excluding hydrogens is 749 g/mol. The van der Waals surface area contributed by atoms with Crippen LogP contribution in [0.5, 0.6) is 0 Å². The number of esters is 1. The Labute approximate surface area is 358 Å². The number of nitrogens with one attached hydrogen (secondary N) is 1. The predicted molar refractivity (Wildman–Crippen MR) is 242 cm³/mol. The molecule has 1 aliphatic heterocycles. The minimum Gasteiger partial charge on any atom is -0.462 e. The zero-order chi connectivity index (χ0) is 42.2. The number of benzene rings is 1. The van der Waals surface area contributed by atoms with Crippen molar-refractivity contribution in [2.45, 2.75) is 149 Å². The van der Waals surface area contributed by atoms with Crippen LogP contribution < -0.4 is 5.32 Å². The van der Waals surface area contributed by atoms with Crippen molar-refractivity contribution >= 4 is 15.8 Å². The molecule has 0 spiro atoms. The van der Waals surface area contributed by atoms with Crippen LogP contribution in [0.4, 0.5) is 0 Å². The second-order valence-electron chi connectivity index (χ2n) is 22.9. The summed E-state index contributed by atoms with van der Waals surface area (Å²) in [4.78, 5) is 15.3. The number of carbonyl (C=O) groups excluding carboxylic acids is 1. The molecule has 1 heterocycles. The number of piperidine rings is 1. The number of ether oxygens (including phenoxy) is 1. The van der Waals surface area contributed by atoms with Gasteiger partial charge in [-0.3, -0.25) is 0 Å². The highest BCUT2D eigenvalue weighted by molar-refractivity contribution is 7.91. The highest BCUT2D eigenvalue weighted by Crippen LogP contribution is 2.76. The molecule has 0 aromatic heterocycles. The average Bonchev–Trinajstić information content (AvgIpc) is 3.58. The van der Waals surface area contributed by atoms with E-state index in [1.807, 2.05) is 30.3 Å². The van der Waals surface area contributed by atoms with Crippen molar-refractivity contribution in [1.29, 1.82) is 0 Å². The van der Waals surface area contributed by atoms with Gasteiger partial charge in [-0.05, 0) is 184 Å². The van der Waals surface area contributed by atoms with Crippen LogP contribution in [-0.2, 0) is 14.6 Å². The molecule has 7 aliphatic rings. The predicted octanol–water partition coefficient (Wildman–Crippen LogP) is 11.0. The molecule has 1 aromatic rings. The second kappa shape index (κ2) is 15.5. The third-order valence-corrected chi connectivity index (χ3v) is 21.1. The largest absolute Gasteiger partial charge is 0.462 e. The summed E-state index contributed by atoms with van der Waals surface area (Å²) in [6.45, 7) is 26.9. The third kappa shape index (κ3) is 7.39. The van der Waals surface area contributed by atoms with Gasteiger partial charge in [0.2, 0.25) is 0 Å². The van der Waals surface area contributed by atoms with Crippen LogP contribution in [0.1, 0.15) is 149 Å². The van der Waals surface area contributed by atoms with E-state index in [9.17, 15) is 13.2 Å². The number of hydrogen-bond acceptors (Lipinski definition) is 6. The number of fused-ring (bicyclic) bond motifs is 7. The first-order valence-electron chi connectivity index (χ1n) is 23.7. The highest BCUT2D eigenvalue weighted by Gasteiger charge is 2.70. The summed E-state index contributed by atoms with van der Waals surface area (Å²) in [6.07, 6.45) is 22.8. The maximum absolute atomic E-state index is 12.8. The number of allylic oxidation sites excluding steroid dienone is 5. The SMILES string of the molecule is C=C(C)C1CCC2(NCCN3CCC(S(C)(=O)=O)CC3)CCC3(C)C(CCC4C5(C)CC=C(C6=CCC(C)(COC(=O)c7ccccc7)CC6)C(C)(C)C5CCC43C)C12. The maximum Gasteiger partial charge on any atom is 0.338 e. The van der Waals surface area contributed by atoms with Gasteiger partial charge in [0.15, 0.2) is 0 Å². The Morgan fingerprint density at radius 2 is 1.58 bits per heavy atom. The lowest BCUT2D eigenvalue weighted by atomic mass is 9.33. The van der Waals surface area contributed by atoms with Gasteiger partial charge in [-0.15, -0.1) is 0 Å². The molecule has 0 bridgehead atoms. The van der Waals surface area contributed by atoms with Gasteiger partial charge in [0.05, 0.1) is 17.4 Å². The van der Waals surface area contributed by atoms with Crippen molar-refractivity contribution in [3.63, 3.8) is 0 Å². The number of carbonyl (C=O) groups is 1. The monoisotopic (exact) mass is 827 g/mol. The molecule has 0 amide bonds. The van der Waals surface area contributed by atoms with Gasteiger partial charge in [-0.1, -0.05) is 84.0 Å². The van der Waals surface area contributed by atoms with E-state index in [1.165, 1.54) is 69.6 Å². The van der Waals surface area contributed by atoms with E-state index >= 15 is 0 Å². The maximum atomic E-state index is 12.8. The van der Waals surface area contributed by atoms with E-state index in [1.54, 1.807) is 11.1 Å². The lowest BCUT2D eigenvalue weighted by molar-refractivity contribution is -0.221. The molecular formula is C52H78N2O4S. The normalized spacial score (nSPS) is 41.1. The number of nitrogens with zero attached hydrogens (tertiary/aromatic N) is 1. The molecule has 1 aromatic carbocycles. The quantitative estimate of drug-likeness (QED) is 0.187. The average molecular weight is 827 g/mol. The van der Waals surface area contributed by atoms with Gasteiger partial charge in [0.25, 0.3) is 0 Å². The van der Waals surface area contributed by atoms with Crippen molar-refractivity contribution < 1.29 is 17.9 Å². The van der Waals surface area contributed by atoms with Gasteiger partial charge in [-0.25, -0.2) is 13.2 Å².